The van der Waals surface area contributed by atoms with Gasteiger partial charge in [-0.1, -0.05) is 106 Å². The molecule has 0 amide bonds. The van der Waals surface area contributed by atoms with Crippen LogP contribution in [0, 0.1) is 33.6 Å². The van der Waals surface area contributed by atoms with E-state index in [4.69, 9.17) is 19.4 Å². The van der Waals surface area contributed by atoms with Crippen molar-refractivity contribution >= 4 is 23.2 Å². The van der Waals surface area contributed by atoms with E-state index in [1.807, 2.05) is 12.4 Å². The van der Waals surface area contributed by atoms with Crippen LogP contribution in [0.5, 0.6) is 11.5 Å². The zero-order valence-corrected chi connectivity index (χ0v) is 40.8. The number of ether oxygens (including phenoxy) is 2. The Morgan fingerprint density at radius 2 is 1.35 bits per heavy atom. The molecule has 0 saturated carbocycles. The van der Waals surface area contributed by atoms with Gasteiger partial charge in [-0.25, -0.2) is 0 Å². The van der Waals surface area contributed by atoms with Crippen molar-refractivity contribution in [3.05, 3.63) is 196 Å². The van der Waals surface area contributed by atoms with E-state index in [9.17, 15) is 0 Å². The maximum absolute atomic E-state index is 5.69. The van der Waals surface area contributed by atoms with Crippen molar-refractivity contribution in [3.63, 3.8) is 0 Å². The lowest BCUT2D eigenvalue weighted by Gasteiger charge is -2.31. The first-order valence-corrected chi connectivity index (χ1v) is 23.7. The van der Waals surface area contributed by atoms with Gasteiger partial charge in [-0.15, -0.1) is 0 Å². The van der Waals surface area contributed by atoms with Gasteiger partial charge in [0.05, 0.1) is 19.9 Å². The van der Waals surface area contributed by atoms with E-state index in [1.165, 1.54) is 88.9 Å². The Hall–Kier alpha value is -6.66. The molecule has 5 nitrogen and oxygen atoms in total. The standard InChI is InChI=1S/C60H64BN3O2/c1-12-44(37-43-18-24-48(65-10)25-19-43)56(54-34-38(3)30-32-62-54)42(7)57(47-23-28-51(40(5)36-47)53-29-22-45-16-14-15-17-52(45)41(53)6)60-58(55-35-39(4)31-33-63-55)50(13-2)59(64(60)61(8)9)46-20-26-49(66-11)27-21-46/h14-36,44,56H,12-13,37H2,1-11H3/b57-42+. The van der Waals surface area contributed by atoms with Crippen LogP contribution in [0.1, 0.15) is 83.4 Å². The minimum Gasteiger partial charge on any atom is -0.497 e. The van der Waals surface area contributed by atoms with Crippen LogP contribution in [-0.2, 0) is 12.8 Å². The summed E-state index contributed by atoms with van der Waals surface area (Å²) in [4.78, 5) is 10.5. The number of benzene rings is 5. The summed E-state index contributed by atoms with van der Waals surface area (Å²) in [6, 6.07) is 46.4. The number of hydrogen-bond donors (Lipinski definition) is 0. The fourth-order valence-electron chi connectivity index (χ4n) is 10.4. The molecule has 0 saturated heterocycles. The average Bonchev–Trinajstić information content (AvgIpc) is 3.67. The predicted octanol–water partition coefficient (Wildman–Crippen LogP) is 15.2. The van der Waals surface area contributed by atoms with Crippen LogP contribution in [0.3, 0.4) is 0 Å². The molecule has 6 heteroatoms. The van der Waals surface area contributed by atoms with Crippen LogP contribution in [0.2, 0.25) is 13.6 Å². The molecule has 0 aliphatic rings. The minimum absolute atomic E-state index is 0.0157. The van der Waals surface area contributed by atoms with Crippen molar-refractivity contribution in [2.45, 2.75) is 87.3 Å². The van der Waals surface area contributed by atoms with E-state index in [0.29, 0.717) is 0 Å². The average molecular weight is 870 g/mol. The molecular weight excluding hydrogens is 805 g/mol. The van der Waals surface area contributed by atoms with Gasteiger partial charge in [-0.05, 0) is 180 Å². The second-order valence-electron chi connectivity index (χ2n) is 18.3. The summed E-state index contributed by atoms with van der Waals surface area (Å²) < 4.78 is 13.9. The van der Waals surface area contributed by atoms with E-state index >= 15 is 0 Å². The Morgan fingerprint density at radius 3 is 1.97 bits per heavy atom. The summed E-state index contributed by atoms with van der Waals surface area (Å²) in [5.74, 6) is 1.92. The number of nitrogens with zero attached hydrogens (tertiary/aromatic N) is 3. The van der Waals surface area contributed by atoms with Gasteiger partial charge in [-0.2, -0.15) is 0 Å². The van der Waals surface area contributed by atoms with Crippen molar-refractivity contribution in [1.82, 2.24) is 14.4 Å². The maximum atomic E-state index is 5.69. The number of fused-ring (bicyclic) bond motifs is 1. The highest BCUT2D eigenvalue weighted by atomic mass is 16.5. The van der Waals surface area contributed by atoms with Crippen molar-refractivity contribution in [3.8, 4) is 45.1 Å². The molecule has 0 bridgehead atoms. The third kappa shape index (κ3) is 8.99. The van der Waals surface area contributed by atoms with Gasteiger partial charge in [0, 0.05) is 46.5 Å². The summed E-state index contributed by atoms with van der Waals surface area (Å²) in [6.07, 6.45) is 6.63. The van der Waals surface area contributed by atoms with Gasteiger partial charge in [-0.3, -0.25) is 9.97 Å². The lowest BCUT2D eigenvalue weighted by atomic mass is 9.66. The molecule has 0 aliphatic heterocycles. The first-order valence-electron chi connectivity index (χ1n) is 23.7. The quantitative estimate of drug-likeness (QED) is 0.0963. The number of rotatable bonds is 15. The summed E-state index contributed by atoms with van der Waals surface area (Å²) in [5.41, 5.74) is 20.5. The summed E-state index contributed by atoms with van der Waals surface area (Å²) in [5, 5.41) is 2.55. The molecule has 8 aromatic rings. The molecule has 0 radical (unpaired) electrons. The molecule has 66 heavy (non-hydrogen) atoms. The predicted molar refractivity (Wildman–Crippen MR) is 279 cm³/mol. The van der Waals surface area contributed by atoms with Crippen molar-refractivity contribution in [2.24, 2.45) is 5.92 Å². The van der Waals surface area contributed by atoms with E-state index in [0.717, 1.165) is 47.7 Å². The van der Waals surface area contributed by atoms with Crippen LogP contribution < -0.4 is 9.47 Å². The molecule has 2 unspecified atom stereocenters. The molecule has 0 spiro atoms. The van der Waals surface area contributed by atoms with Crippen LogP contribution in [0.25, 0.3) is 50.0 Å². The Morgan fingerprint density at radius 1 is 0.697 bits per heavy atom. The fraction of sp³-hybridized carbons (Fsp3) is 0.267. The lowest BCUT2D eigenvalue weighted by Crippen LogP contribution is -2.22. The number of pyridine rings is 2. The first-order chi connectivity index (χ1) is 32.0. The highest BCUT2D eigenvalue weighted by Gasteiger charge is 2.34. The molecule has 3 heterocycles. The summed E-state index contributed by atoms with van der Waals surface area (Å²) in [6.45, 7) is 20.7. The van der Waals surface area contributed by atoms with Crippen LogP contribution in [0.15, 0.2) is 145 Å². The van der Waals surface area contributed by atoms with Crippen molar-refractivity contribution < 1.29 is 9.47 Å². The van der Waals surface area contributed by atoms with Gasteiger partial charge in [0.15, 0.2) is 0 Å². The second-order valence-corrected chi connectivity index (χ2v) is 18.3. The Labute approximate surface area is 393 Å². The van der Waals surface area contributed by atoms with Crippen LogP contribution in [-0.4, -0.2) is 35.5 Å². The zero-order chi connectivity index (χ0) is 46.6. The Bertz CT molecular complexity index is 3030. The van der Waals surface area contributed by atoms with Gasteiger partial charge in [0.25, 0.3) is 6.85 Å². The number of methoxy groups -OCH3 is 2. The number of allylic oxidation sites excluding steroid dienone is 1. The third-order valence-corrected chi connectivity index (χ3v) is 13.7. The second kappa shape index (κ2) is 19.8. The third-order valence-electron chi connectivity index (χ3n) is 13.7. The molecular formula is C60H64BN3O2. The Kier molecular flexibility index (Phi) is 13.8. The Balaban J connectivity index is 1.49. The first kappa shape index (κ1) is 45.9. The van der Waals surface area contributed by atoms with E-state index in [1.54, 1.807) is 14.2 Å². The van der Waals surface area contributed by atoms with E-state index < -0.39 is 0 Å². The van der Waals surface area contributed by atoms with Crippen LogP contribution >= 0.6 is 0 Å². The lowest BCUT2D eigenvalue weighted by molar-refractivity contribution is 0.413. The molecule has 0 N–H and O–H groups in total. The highest BCUT2D eigenvalue weighted by Crippen LogP contribution is 2.49. The molecule has 0 aliphatic carbocycles. The highest BCUT2D eigenvalue weighted by molar-refractivity contribution is 6.55. The number of aryl methyl sites for hydroxylation is 4. The van der Waals surface area contributed by atoms with Crippen molar-refractivity contribution in [1.29, 1.82) is 0 Å². The smallest absolute Gasteiger partial charge is 0.254 e. The normalized spacial score (nSPS) is 12.8. The molecule has 5 aromatic carbocycles. The molecule has 334 valence electrons. The number of hydrogen-bond acceptors (Lipinski definition) is 4. The minimum atomic E-state index is -0.0157. The largest absolute Gasteiger partial charge is 0.497 e. The van der Waals surface area contributed by atoms with E-state index in [2.05, 4.69) is 194 Å². The maximum Gasteiger partial charge on any atom is 0.254 e. The van der Waals surface area contributed by atoms with Gasteiger partial charge in [0.2, 0.25) is 0 Å². The van der Waals surface area contributed by atoms with E-state index in [-0.39, 0.29) is 18.7 Å². The van der Waals surface area contributed by atoms with Crippen molar-refractivity contribution in [2.75, 3.05) is 14.2 Å². The number of aromatic nitrogens is 3. The molecule has 3 aromatic heterocycles. The van der Waals surface area contributed by atoms with Crippen LogP contribution in [0.4, 0.5) is 0 Å². The topological polar surface area (TPSA) is 49.2 Å². The SMILES string of the molecule is CCc1c(-c2cc(C)ccn2)c(/C(=C(\C)C(c2cc(C)ccn2)C(CC)Cc2ccc(OC)cc2)c2ccc(-c3ccc4ccccc4c3C)c(C)c2)n(B(C)C)c1-c1ccc(OC)cc1. The van der Waals surface area contributed by atoms with Gasteiger partial charge < -0.3 is 14.0 Å². The molecule has 2 atom stereocenters. The molecule has 0 fully saturated rings. The molecule has 8 rings (SSSR count). The zero-order valence-electron chi connectivity index (χ0n) is 40.8. The fourth-order valence-corrected chi connectivity index (χ4v) is 10.4. The van der Waals surface area contributed by atoms with Gasteiger partial charge in [0.1, 0.15) is 11.5 Å². The monoisotopic (exact) mass is 870 g/mol. The van der Waals surface area contributed by atoms with Gasteiger partial charge >= 0.3 is 0 Å². The summed E-state index contributed by atoms with van der Waals surface area (Å²) >= 11 is 0. The summed E-state index contributed by atoms with van der Waals surface area (Å²) in [7, 11) is 3.46.